The van der Waals surface area contributed by atoms with Gasteiger partial charge in [0, 0.05) is 24.0 Å². The number of hydrogen-bond donors (Lipinski definition) is 9. The molecule has 41 heavy (non-hydrogen) atoms. The highest BCUT2D eigenvalue weighted by atomic mass is 33.1. The Morgan fingerprint density at radius 3 is 2.24 bits per heavy atom. The second-order valence-corrected chi connectivity index (χ2v) is 12.5. The van der Waals surface area contributed by atoms with E-state index in [2.05, 4.69) is 31.6 Å². The number of nitrogens with two attached hydrogens (primary N) is 3. The normalized spacial score (nSPS) is 24.4. The summed E-state index contributed by atoms with van der Waals surface area (Å²) in [6.07, 6.45) is -0.495. The first-order valence-electron chi connectivity index (χ1n) is 12.4. The van der Waals surface area contributed by atoms with Gasteiger partial charge in [0.15, 0.2) is 5.96 Å². The van der Waals surface area contributed by atoms with Crippen LogP contribution in [-0.2, 0) is 33.6 Å². The summed E-state index contributed by atoms with van der Waals surface area (Å²) in [7, 11) is 2.16. The molecule has 12 N–H and O–H groups in total. The minimum Gasteiger partial charge on any atom is -0.481 e. The lowest BCUT2D eigenvalue weighted by Gasteiger charge is -2.33. The SMILES string of the molecule is CC(=O)N[C@H]1CSSC(C)(C)[C@H](C(N)=O)NC(=O)[C@@H](CC(=O)O)NC(=O)CNC(=O)[C@@H](CCCN=C(N)N)NC1=O. The molecule has 1 heterocycles. The van der Waals surface area contributed by atoms with E-state index in [1.807, 2.05) is 0 Å². The number of aliphatic imine (C=N–C) groups is 1. The number of guanidine groups is 1. The van der Waals surface area contributed by atoms with Crippen molar-refractivity contribution in [3.8, 4) is 0 Å². The molecule has 1 aliphatic heterocycles. The highest BCUT2D eigenvalue weighted by Gasteiger charge is 2.39. The molecular weight excluding hydrogens is 582 g/mol. The zero-order valence-electron chi connectivity index (χ0n) is 22.9. The Kier molecular flexibility index (Phi) is 14.2. The summed E-state index contributed by atoms with van der Waals surface area (Å²) in [6, 6.07) is -5.18. The number of carbonyl (C=O) groups excluding carboxylic acids is 6. The average molecular weight is 620 g/mol. The Hall–Kier alpha value is -3.74. The highest BCUT2D eigenvalue weighted by molar-refractivity contribution is 8.77. The molecule has 0 unspecified atom stereocenters. The first kappa shape index (κ1) is 35.3. The molecule has 0 bridgehead atoms. The zero-order valence-corrected chi connectivity index (χ0v) is 24.5. The topological polar surface area (TPSA) is 290 Å². The minimum atomic E-state index is -1.60. The zero-order chi connectivity index (χ0) is 31.3. The summed E-state index contributed by atoms with van der Waals surface area (Å²) in [5, 5.41) is 21.3. The highest BCUT2D eigenvalue weighted by Crippen LogP contribution is 2.38. The lowest BCUT2D eigenvalue weighted by molar-refractivity contribution is -0.141. The van der Waals surface area contributed by atoms with Gasteiger partial charge in [-0.05, 0) is 26.7 Å². The van der Waals surface area contributed by atoms with Gasteiger partial charge in [0.25, 0.3) is 0 Å². The van der Waals surface area contributed by atoms with Crippen molar-refractivity contribution in [2.45, 2.75) is 68.9 Å². The lowest BCUT2D eigenvalue weighted by atomic mass is 10.0. The average Bonchev–Trinajstić information content (AvgIpc) is 2.84. The van der Waals surface area contributed by atoms with Crippen LogP contribution in [0.15, 0.2) is 4.99 Å². The van der Waals surface area contributed by atoms with E-state index in [4.69, 9.17) is 17.2 Å². The third-order valence-corrected chi connectivity index (χ3v) is 8.80. The third kappa shape index (κ3) is 13.0. The van der Waals surface area contributed by atoms with Gasteiger partial charge in [-0.15, -0.1) is 0 Å². The Morgan fingerprint density at radius 1 is 1.02 bits per heavy atom. The molecule has 1 rings (SSSR count). The molecule has 0 aromatic rings. The van der Waals surface area contributed by atoms with Gasteiger partial charge in [-0.25, -0.2) is 0 Å². The molecule has 0 radical (unpaired) electrons. The summed E-state index contributed by atoms with van der Waals surface area (Å²) < 4.78 is -1.10. The van der Waals surface area contributed by atoms with E-state index in [9.17, 15) is 38.7 Å². The van der Waals surface area contributed by atoms with E-state index < -0.39 is 83.3 Å². The van der Waals surface area contributed by atoms with Gasteiger partial charge in [-0.1, -0.05) is 21.6 Å². The molecule has 0 aliphatic carbocycles. The summed E-state index contributed by atoms with van der Waals surface area (Å²) in [5.41, 5.74) is 16.2. The Bertz CT molecular complexity index is 1050. The standard InChI is InChI=1S/C22H37N9O8S2/c1-10(32)28-13-9-40-41-22(2,3)16(17(23)36)31-19(38)12(7-15(34)35)29-14(33)8-27-18(37)11(30-20(13)39)5-4-6-26-21(24)25/h11-13,16H,4-9H2,1-3H3,(H2,23,36)(H,27,37)(H,28,32)(H,29,33)(H,30,39)(H,31,38)(H,34,35)(H4,24,25,26)/t11-,12-,13+,16+/m1/s1. The summed E-state index contributed by atoms with van der Waals surface area (Å²) in [5.74, 6) is -6.38. The van der Waals surface area contributed by atoms with Crippen molar-refractivity contribution in [3.05, 3.63) is 0 Å². The summed E-state index contributed by atoms with van der Waals surface area (Å²) in [4.78, 5) is 90.8. The number of carboxylic acid groups (broad SMARTS) is 1. The van der Waals surface area contributed by atoms with E-state index in [-0.39, 0.29) is 31.1 Å². The van der Waals surface area contributed by atoms with Crippen molar-refractivity contribution in [1.82, 2.24) is 26.6 Å². The van der Waals surface area contributed by atoms with E-state index in [0.29, 0.717) is 0 Å². The van der Waals surface area contributed by atoms with Gasteiger partial charge < -0.3 is 48.9 Å². The van der Waals surface area contributed by atoms with E-state index in [0.717, 1.165) is 21.6 Å². The summed E-state index contributed by atoms with van der Waals surface area (Å²) >= 11 is 0. The molecule has 17 nitrogen and oxygen atoms in total. The second-order valence-electron chi connectivity index (χ2n) is 9.51. The number of rotatable bonds is 8. The van der Waals surface area contributed by atoms with Gasteiger partial charge in [0.2, 0.25) is 35.4 Å². The molecule has 230 valence electrons. The van der Waals surface area contributed by atoms with Gasteiger partial charge in [-0.2, -0.15) is 0 Å². The van der Waals surface area contributed by atoms with Crippen LogP contribution in [0.4, 0.5) is 0 Å². The van der Waals surface area contributed by atoms with Crippen LogP contribution in [0.5, 0.6) is 0 Å². The van der Waals surface area contributed by atoms with Crippen LogP contribution in [0.25, 0.3) is 0 Å². The molecule has 0 spiro atoms. The van der Waals surface area contributed by atoms with Crippen LogP contribution >= 0.6 is 21.6 Å². The molecule has 4 atom stereocenters. The fraction of sp³-hybridized carbons (Fsp3) is 0.636. The molecular formula is C22H37N9O8S2. The molecule has 1 aliphatic rings. The molecule has 1 saturated heterocycles. The Balaban J connectivity index is 3.37. The van der Waals surface area contributed by atoms with Gasteiger partial charge in [0.05, 0.1) is 13.0 Å². The Labute approximate surface area is 244 Å². The molecule has 0 aromatic carbocycles. The molecule has 0 aromatic heterocycles. The van der Waals surface area contributed by atoms with Crippen LogP contribution < -0.4 is 43.8 Å². The number of hydrogen-bond acceptors (Lipinski definition) is 10. The first-order valence-corrected chi connectivity index (χ1v) is 14.7. The predicted octanol–water partition coefficient (Wildman–Crippen LogP) is -3.75. The van der Waals surface area contributed by atoms with E-state index >= 15 is 0 Å². The van der Waals surface area contributed by atoms with Crippen molar-refractivity contribution >= 4 is 69.0 Å². The van der Waals surface area contributed by atoms with Crippen molar-refractivity contribution in [2.24, 2.45) is 22.2 Å². The van der Waals surface area contributed by atoms with Crippen LogP contribution in [0.1, 0.15) is 40.0 Å². The van der Waals surface area contributed by atoms with Crippen LogP contribution in [0, 0.1) is 0 Å². The molecule has 1 fully saturated rings. The lowest BCUT2D eigenvalue weighted by Crippen LogP contribution is -2.59. The first-order chi connectivity index (χ1) is 19.0. The monoisotopic (exact) mass is 619 g/mol. The Morgan fingerprint density at radius 2 is 1.68 bits per heavy atom. The maximum absolute atomic E-state index is 13.1. The van der Waals surface area contributed by atoms with Crippen LogP contribution in [-0.4, -0.2) is 100 Å². The number of carboxylic acids is 1. The smallest absolute Gasteiger partial charge is 0.305 e. The van der Waals surface area contributed by atoms with Crippen LogP contribution in [0.2, 0.25) is 0 Å². The fourth-order valence-corrected chi connectivity index (χ4v) is 6.35. The summed E-state index contributed by atoms with van der Waals surface area (Å²) in [6.45, 7) is 3.85. The number of carbonyl (C=O) groups is 7. The molecule has 19 heteroatoms. The van der Waals surface area contributed by atoms with E-state index in [1.54, 1.807) is 13.8 Å². The maximum atomic E-state index is 13.1. The number of nitrogens with zero attached hydrogens (tertiary/aromatic N) is 1. The van der Waals surface area contributed by atoms with Gasteiger partial charge in [-0.3, -0.25) is 38.6 Å². The van der Waals surface area contributed by atoms with E-state index in [1.165, 1.54) is 6.92 Å². The number of nitrogens with one attached hydrogen (secondary N) is 5. The second kappa shape index (κ2) is 16.5. The van der Waals surface area contributed by atoms with Crippen molar-refractivity contribution < 1.29 is 38.7 Å². The quantitative estimate of drug-likeness (QED) is 0.0548. The van der Waals surface area contributed by atoms with Crippen LogP contribution in [0.3, 0.4) is 0 Å². The number of aliphatic carboxylic acids is 1. The largest absolute Gasteiger partial charge is 0.481 e. The third-order valence-electron chi connectivity index (χ3n) is 5.50. The van der Waals surface area contributed by atoms with Gasteiger partial charge in [0.1, 0.15) is 24.2 Å². The number of amides is 6. The molecule has 0 saturated carbocycles. The van der Waals surface area contributed by atoms with Gasteiger partial charge >= 0.3 is 5.97 Å². The number of primary amides is 1. The van der Waals surface area contributed by atoms with Crippen molar-refractivity contribution in [2.75, 3.05) is 18.8 Å². The maximum Gasteiger partial charge on any atom is 0.305 e. The van der Waals surface area contributed by atoms with Crippen molar-refractivity contribution in [1.29, 1.82) is 0 Å². The minimum absolute atomic E-state index is 0.0110. The van der Waals surface area contributed by atoms with Crippen molar-refractivity contribution in [3.63, 3.8) is 0 Å². The fourth-order valence-electron chi connectivity index (χ4n) is 3.53. The molecule has 6 amide bonds. The predicted molar refractivity (Wildman–Crippen MR) is 152 cm³/mol.